The maximum atomic E-state index is 11.8. The molecule has 1 aromatic carbocycles. The van der Waals surface area contributed by atoms with Gasteiger partial charge in [0.2, 0.25) is 0 Å². The van der Waals surface area contributed by atoms with Crippen molar-refractivity contribution in [2.45, 2.75) is 18.9 Å². The maximum Gasteiger partial charge on any atom is 0.328 e. The van der Waals surface area contributed by atoms with Crippen molar-refractivity contribution in [2.75, 3.05) is 0 Å². The molecule has 2 rings (SSSR count). The molecule has 0 aliphatic carbocycles. The number of esters is 1. The molecule has 98 valence electrons. The van der Waals surface area contributed by atoms with Crippen molar-refractivity contribution in [2.24, 2.45) is 5.73 Å². The van der Waals surface area contributed by atoms with Crippen molar-refractivity contribution in [1.29, 1.82) is 0 Å². The predicted octanol–water partition coefficient (Wildman–Crippen LogP) is 1.95. The normalized spacial score (nSPS) is 11.8. The van der Waals surface area contributed by atoms with E-state index in [2.05, 4.69) is 4.98 Å². The van der Waals surface area contributed by atoms with Gasteiger partial charge in [-0.15, -0.1) is 0 Å². The van der Waals surface area contributed by atoms with Crippen LogP contribution in [0.4, 0.5) is 0 Å². The topological polar surface area (TPSA) is 65.2 Å². The number of rotatable bonds is 5. The molecule has 4 nitrogen and oxygen atoms in total. The number of nitrogens with two attached hydrogens (primary N) is 1. The van der Waals surface area contributed by atoms with Gasteiger partial charge in [-0.25, -0.2) is 4.79 Å². The Bertz CT molecular complexity index is 514. The summed E-state index contributed by atoms with van der Waals surface area (Å²) in [6.07, 6.45) is 2.90. The number of benzene rings is 1. The standard InChI is InChI=1S/C15H16N2O2/c16-14(10-9-12-6-4-5-11-17-12)15(18)19-13-7-2-1-3-8-13/h1-8,11,14H,9-10,16H2. The summed E-state index contributed by atoms with van der Waals surface area (Å²) in [5, 5.41) is 0. The highest BCUT2D eigenvalue weighted by Crippen LogP contribution is 2.10. The summed E-state index contributed by atoms with van der Waals surface area (Å²) >= 11 is 0. The van der Waals surface area contributed by atoms with Crippen LogP contribution in [0.25, 0.3) is 0 Å². The van der Waals surface area contributed by atoms with Gasteiger partial charge in [0.1, 0.15) is 11.8 Å². The van der Waals surface area contributed by atoms with Crippen molar-refractivity contribution < 1.29 is 9.53 Å². The van der Waals surface area contributed by atoms with Crippen molar-refractivity contribution in [3.05, 3.63) is 60.4 Å². The molecule has 0 bridgehead atoms. The van der Waals surface area contributed by atoms with Gasteiger partial charge in [0.25, 0.3) is 0 Å². The summed E-state index contributed by atoms with van der Waals surface area (Å²) < 4.78 is 5.18. The molecule has 0 saturated carbocycles. The van der Waals surface area contributed by atoms with Crippen molar-refractivity contribution >= 4 is 5.97 Å². The first-order valence-corrected chi connectivity index (χ1v) is 6.18. The third-order valence-corrected chi connectivity index (χ3v) is 2.70. The third kappa shape index (κ3) is 4.19. The van der Waals surface area contributed by atoms with Crippen LogP contribution in [0.5, 0.6) is 5.75 Å². The fraction of sp³-hybridized carbons (Fsp3) is 0.200. The Hall–Kier alpha value is -2.20. The Balaban J connectivity index is 1.83. The van der Waals surface area contributed by atoms with E-state index >= 15 is 0 Å². The number of aryl methyl sites for hydroxylation is 1. The zero-order chi connectivity index (χ0) is 13.5. The van der Waals surface area contributed by atoms with Crippen LogP contribution in [0, 0.1) is 0 Å². The molecule has 4 heteroatoms. The second kappa shape index (κ2) is 6.66. The zero-order valence-corrected chi connectivity index (χ0v) is 10.5. The Kier molecular flexibility index (Phi) is 4.64. The first kappa shape index (κ1) is 13.2. The lowest BCUT2D eigenvalue weighted by Gasteiger charge is -2.10. The SMILES string of the molecule is NC(CCc1ccccn1)C(=O)Oc1ccccc1. The van der Waals surface area contributed by atoms with E-state index in [0.29, 0.717) is 18.6 Å². The molecule has 1 heterocycles. The van der Waals surface area contributed by atoms with Crippen LogP contribution >= 0.6 is 0 Å². The molecule has 2 N–H and O–H groups in total. The van der Waals surface area contributed by atoms with E-state index in [1.807, 2.05) is 36.4 Å². The number of aromatic nitrogens is 1. The highest BCUT2D eigenvalue weighted by Gasteiger charge is 2.15. The van der Waals surface area contributed by atoms with E-state index < -0.39 is 12.0 Å². The van der Waals surface area contributed by atoms with E-state index in [1.54, 1.807) is 18.3 Å². The van der Waals surface area contributed by atoms with Crippen LogP contribution < -0.4 is 10.5 Å². The van der Waals surface area contributed by atoms with Gasteiger partial charge in [-0.3, -0.25) is 4.98 Å². The number of nitrogens with zero attached hydrogens (tertiary/aromatic N) is 1. The summed E-state index contributed by atoms with van der Waals surface area (Å²) in [4.78, 5) is 16.0. The van der Waals surface area contributed by atoms with Gasteiger partial charge >= 0.3 is 5.97 Å². The highest BCUT2D eigenvalue weighted by molar-refractivity contribution is 5.77. The molecule has 0 amide bonds. The lowest BCUT2D eigenvalue weighted by Crippen LogP contribution is -2.34. The minimum Gasteiger partial charge on any atom is -0.425 e. The van der Waals surface area contributed by atoms with Gasteiger partial charge < -0.3 is 10.5 Å². The molecule has 0 aliphatic heterocycles. The number of para-hydroxylation sites is 1. The molecule has 0 radical (unpaired) electrons. The first-order valence-electron chi connectivity index (χ1n) is 6.18. The Labute approximate surface area is 112 Å². The molecule has 1 aromatic heterocycles. The fourth-order valence-corrected chi connectivity index (χ4v) is 1.65. The molecule has 1 atom stereocenters. The van der Waals surface area contributed by atoms with Gasteiger partial charge in [-0.2, -0.15) is 0 Å². The average molecular weight is 256 g/mol. The lowest BCUT2D eigenvalue weighted by molar-refractivity contribution is -0.136. The summed E-state index contributed by atoms with van der Waals surface area (Å²) in [5.74, 6) is 0.0999. The van der Waals surface area contributed by atoms with Gasteiger partial charge in [0.15, 0.2) is 0 Å². The molecule has 1 unspecified atom stereocenters. The molecular weight excluding hydrogens is 240 g/mol. The zero-order valence-electron chi connectivity index (χ0n) is 10.5. The minimum absolute atomic E-state index is 0.415. The molecule has 0 fully saturated rings. The molecule has 2 aromatic rings. The van der Waals surface area contributed by atoms with E-state index in [-0.39, 0.29) is 0 Å². The Morgan fingerprint density at radius 2 is 1.89 bits per heavy atom. The number of ether oxygens (including phenoxy) is 1. The number of hydrogen-bond donors (Lipinski definition) is 1. The highest BCUT2D eigenvalue weighted by atomic mass is 16.5. The number of hydrogen-bond acceptors (Lipinski definition) is 4. The molecule has 19 heavy (non-hydrogen) atoms. The quantitative estimate of drug-likeness (QED) is 0.656. The number of pyridine rings is 1. The monoisotopic (exact) mass is 256 g/mol. The molecular formula is C15H16N2O2. The Morgan fingerprint density at radius 3 is 2.58 bits per heavy atom. The second-order valence-corrected chi connectivity index (χ2v) is 4.20. The first-order chi connectivity index (χ1) is 9.25. The minimum atomic E-state index is -0.637. The van der Waals surface area contributed by atoms with Crippen molar-refractivity contribution in [3.8, 4) is 5.75 Å². The van der Waals surface area contributed by atoms with Gasteiger partial charge in [0, 0.05) is 11.9 Å². The van der Waals surface area contributed by atoms with Crippen LogP contribution in [0.2, 0.25) is 0 Å². The third-order valence-electron chi connectivity index (χ3n) is 2.70. The van der Waals surface area contributed by atoms with Crippen LogP contribution in [-0.2, 0) is 11.2 Å². The van der Waals surface area contributed by atoms with E-state index in [0.717, 1.165) is 5.69 Å². The molecule has 0 saturated heterocycles. The molecule has 0 aliphatic rings. The lowest BCUT2D eigenvalue weighted by atomic mass is 10.1. The second-order valence-electron chi connectivity index (χ2n) is 4.20. The smallest absolute Gasteiger partial charge is 0.328 e. The Morgan fingerprint density at radius 1 is 1.16 bits per heavy atom. The summed E-state index contributed by atoms with van der Waals surface area (Å²) in [7, 11) is 0. The average Bonchev–Trinajstić information content (AvgIpc) is 2.47. The van der Waals surface area contributed by atoms with Crippen molar-refractivity contribution in [1.82, 2.24) is 4.98 Å². The summed E-state index contributed by atoms with van der Waals surface area (Å²) in [6.45, 7) is 0. The largest absolute Gasteiger partial charge is 0.425 e. The van der Waals surface area contributed by atoms with Gasteiger partial charge in [0.05, 0.1) is 0 Å². The predicted molar refractivity (Wildman–Crippen MR) is 72.6 cm³/mol. The van der Waals surface area contributed by atoms with Crippen LogP contribution in [0.15, 0.2) is 54.7 Å². The van der Waals surface area contributed by atoms with Gasteiger partial charge in [-0.05, 0) is 37.1 Å². The summed E-state index contributed by atoms with van der Waals surface area (Å²) in [5.41, 5.74) is 6.73. The van der Waals surface area contributed by atoms with E-state index in [9.17, 15) is 4.79 Å². The number of carbonyl (C=O) groups is 1. The fourth-order valence-electron chi connectivity index (χ4n) is 1.65. The van der Waals surface area contributed by atoms with Crippen molar-refractivity contribution in [3.63, 3.8) is 0 Å². The van der Waals surface area contributed by atoms with Gasteiger partial charge in [-0.1, -0.05) is 24.3 Å². The van der Waals surface area contributed by atoms with Crippen LogP contribution in [0.1, 0.15) is 12.1 Å². The number of carbonyl (C=O) groups excluding carboxylic acids is 1. The maximum absolute atomic E-state index is 11.8. The van der Waals surface area contributed by atoms with E-state index in [4.69, 9.17) is 10.5 Å². The summed E-state index contributed by atoms with van der Waals surface area (Å²) in [6, 6.07) is 14.0. The van der Waals surface area contributed by atoms with E-state index in [1.165, 1.54) is 0 Å². The molecule has 0 spiro atoms. The van der Waals surface area contributed by atoms with Crippen LogP contribution in [-0.4, -0.2) is 17.0 Å². The van der Waals surface area contributed by atoms with Crippen LogP contribution in [0.3, 0.4) is 0 Å².